The van der Waals surface area contributed by atoms with Gasteiger partial charge in [0, 0.05) is 47.5 Å². The number of benzene rings is 1. The highest BCUT2D eigenvalue weighted by Crippen LogP contribution is 2.20. The summed E-state index contributed by atoms with van der Waals surface area (Å²) < 4.78 is 17.6. The summed E-state index contributed by atoms with van der Waals surface area (Å²) in [5.74, 6) is 0.875. The molecule has 0 aliphatic carbocycles. The van der Waals surface area contributed by atoms with Crippen molar-refractivity contribution in [2.24, 2.45) is 5.73 Å². The fourth-order valence-electron chi connectivity index (χ4n) is 2.30. The van der Waals surface area contributed by atoms with Gasteiger partial charge < -0.3 is 10.5 Å². The standard InChI is InChI=1S/C14H21NO2S/c15-10-13(12-4-2-1-3-5-12)11-18(16)14-6-8-17-9-7-14/h1-5,13-14H,6-11,15H2. The first-order valence-electron chi connectivity index (χ1n) is 6.51. The lowest BCUT2D eigenvalue weighted by Crippen LogP contribution is -2.29. The van der Waals surface area contributed by atoms with Crippen molar-refractivity contribution in [1.82, 2.24) is 0 Å². The maximum Gasteiger partial charge on any atom is 0.0477 e. The van der Waals surface area contributed by atoms with E-state index in [9.17, 15) is 4.21 Å². The van der Waals surface area contributed by atoms with Crippen molar-refractivity contribution in [2.75, 3.05) is 25.5 Å². The highest BCUT2D eigenvalue weighted by Gasteiger charge is 2.23. The van der Waals surface area contributed by atoms with E-state index in [1.165, 1.54) is 5.56 Å². The SMILES string of the molecule is NCC(CS(=O)C1CCOCC1)c1ccccc1. The second kappa shape index (κ2) is 7.02. The van der Waals surface area contributed by atoms with Crippen LogP contribution in [-0.2, 0) is 15.5 Å². The van der Waals surface area contributed by atoms with Crippen molar-refractivity contribution in [3.63, 3.8) is 0 Å². The minimum atomic E-state index is -0.797. The van der Waals surface area contributed by atoms with Crippen LogP contribution in [0.4, 0.5) is 0 Å². The Hall–Kier alpha value is -0.710. The van der Waals surface area contributed by atoms with Gasteiger partial charge in [-0.25, -0.2) is 0 Å². The first-order valence-corrected chi connectivity index (χ1v) is 7.89. The number of rotatable bonds is 5. The molecule has 0 radical (unpaired) electrons. The van der Waals surface area contributed by atoms with Crippen molar-refractivity contribution < 1.29 is 8.95 Å². The zero-order valence-corrected chi connectivity index (χ0v) is 11.4. The number of hydrogen-bond donors (Lipinski definition) is 1. The van der Waals surface area contributed by atoms with E-state index in [-0.39, 0.29) is 11.2 Å². The molecule has 2 atom stereocenters. The summed E-state index contributed by atoms with van der Waals surface area (Å²) in [6, 6.07) is 10.1. The van der Waals surface area contributed by atoms with Gasteiger partial charge in [0.05, 0.1) is 0 Å². The van der Waals surface area contributed by atoms with Crippen LogP contribution in [0, 0.1) is 0 Å². The fourth-order valence-corrected chi connectivity index (χ4v) is 4.01. The van der Waals surface area contributed by atoms with Crippen LogP contribution >= 0.6 is 0 Å². The Kier molecular flexibility index (Phi) is 5.35. The molecule has 4 heteroatoms. The van der Waals surface area contributed by atoms with Gasteiger partial charge in [-0.2, -0.15) is 0 Å². The van der Waals surface area contributed by atoms with E-state index in [2.05, 4.69) is 12.1 Å². The molecule has 1 fully saturated rings. The molecule has 1 aliphatic rings. The molecule has 0 saturated carbocycles. The molecule has 0 bridgehead atoms. The lowest BCUT2D eigenvalue weighted by atomic mass is 10.0. The number of hydrogen-bond acceptors (Lipinski definition) is 3. The van der Waals surface area contributed by atoms with Gasteiger partial charge >= 0.3 is 0 Å². The predicted molar refractivity (Wildman–Crippen MR) is 75.1 cm³/mol. The van der Waals surface area contributed by atoms with Crippen LogP contribution in [0.15, 0.2) is 30.3 Å². The smallest absolute Gasteiger partial charge is 0.0477 e. The Morgan fingerprint density at radius 3 is 2.56 bits per heavy atom. The second-order valence-corrected chi connectivity index (χ2v) is 6.46. The third-order valence-electron chi connectivity index (χ3n) is 3.46. The summed E-state index contributed by atoms with van der Waals surface area (Å²) in [4.78, 5) is 0. The quantitative estimate of drug-likeness (QED) is 0.882. The fraction of sp³-hybridized carbons (Fsp3) is 0.571. The summed E-state index contributed by atoms with van der Waals surface area (Å²) in [6.45, 7) is 2.04. The van der Waals surface area contributed by atoms with Gasteiger partial charge in [-0.15, -0.1) is 0 Å². The Morgan fingerprint density at radius 2 is 1.94 bits per heavy atom. The maximum atomic E-state index is 12.3. The first kappa shape index (κ1) is 13.7. The summed E-state index contributed by atoms with van der Waals surface area (Å²) in [7, 11) is -0.797. The molecule has 0 spiro atoms. The Labute approximate surface area is 111 Å². The molecule has 1 aliphatic heterocycles. The largest absolute Gasteiger partial charge is 0.381 e. The van der Waals surface area contributed by atoms with Crippen molar-refractivity contribution in [1.29, 1.82) is 0 Å². The molecule has 2 rings (SSSR count). The first-order chi connectivity index (χ1) is 8.81. The highest BCUT2D eigenvalue weighted by atomic mass is 32.2. The van der Waals surface area contributed by atoms with Gasteiger partial charge in [0.2, 0.25) is 0 Å². The Bertz CT molecular complexity index is 377. The van der Waals surface area contributed by atoms with Gasteiger partial charge in [-0.1, -0.05) is 30.3 Å². The zero-order chi connectivity index (χ0) is 12.8. The van der Waals surface area contributed by atoms with Crippen LogP contribution in [0.5, 0.6) is 0 Å². The minimum Gasteiger partial charge on any atom is -0.381 e. The molecule has 18 heavy (non-hydrogen) atoms. The van der Waals surface area contributed by atoms with Crippen LogP contribution in [0.2, 0.25) is 0 Å². The molecule has 1 heterocycles. The van der Waals surface area contributed by atoms with Crippen LogP contribution in [-0.4, -0.2) is 35.0 Å². The van der Waals surface area contributed by atoms with Gasteiger partial charge in [-0.05, 0) is 18.4 Å². The maximum absolute atomic E-state index is 12.3. The van der Waals surface area contributed by atoms with Gasteiger partial charge in [-0.3, -0.25) is 4.21 Å². The summed E-state index contributed by atoms with van der Waals surface area (Å²) in [6.07, 6.45) is 1.83. The van der Waals surface area contributed by atoms with Gasteiger partial charge in [0.15, 0.2) is 0 Å². The topological polar surface area (TPSA) is 52.3 Å². The number of nitrogens with two attached hydrogens (primary N) is 1. The monoisotopic (exact) mass is 267 g/mol. The lowest BCUT2D eigenvalue weighted by Gasteiger charge is -2.23. The predicted octanol–water partition coefficient (Wildman–Crippen LogP) is 1.66. The van der Waals surface area contributed by atoms with E-state index in [1.54, 1.807) is 0 Å². The van der Waals surface area contributed by atoms with E-state index >= 15 is 0 Å². The third kappa shape index (κ3) is 3.64. The summed E-state index contributed by atoms with van der Waals surface area (Å²) in [5.41, 5.74) is 7.02. The van der Waals surface area contributed by atoms with E-state index in [0.29, 0.717) is 12.3 Å². The molecular weight excluding hydrogens is 246 g/mol. The molecular formula is C14H21NO2S. The lowest BCUT2D eigenvalue weighted by molar-refractivity contribution is 0.0992. The summed E-state index contributed by atoms with van der Waals surface area (Å²) >= 11 is 0. The van der Waals surface area contributed by atoms with Crippen molar-refractivity contribution in [3.8, 4) is 0 Å². The van der Waals surface area contributed by atoms with E-state index in [4.69, 9.17) is 10.5 Å². The molecule has 2 unspecified atom stereocenters. The molecule has 1 aromatic carbocycles. The highest BCUT2D eigenvalue weighted by molar-refractivity contribution is 7.85. The molecule has 1 saturated heterocycles. The average molecular weight is 267 g/mol. The van der Waals surface area contributed by atoms with Crippen molar-refractivity contribution in [3.05, 3.63) is 35.9 Å². The van der Waals surface area contributed by atoms with Crippen LogP contribution in [0.3, 0.4) is 0 Å². The van der Waals surface area contributed by atoms with E-state index < -0.39 is 10.8 Å². The molecule has 1 aromatic rings. The molecule has 100 valence electrons. The van der Waals surface area contributed by atoms with Crippen LogP contribution in [0.25, 0.3) is 0 Å². The average Bonchev–Trinajstić information content (AvgIpc) is 2.46. The van der Waals surface area contributed by atoms with E-state index in [1.807, 2.05) is 18.2 Å². The van der Waals surface area contributed by atoms with Gasteiger partial charge in [0.1, 0.15) is 0 Å². The van der Waals surface area contributed by atoms with Gasteiger partial charge in [0.25, 0.3) is 0 Å². The minimum absolute atomic E-state index is 0.204. The molecule has 3 nitrogen and oxygen atoms in total. The summed E-state index contributed by atoms with van der Waals surface area (Å²) in [5, 5.41) is 0.288. The normalized spacial score (nSPS) is 20.5. The Balaban J connectivity index is 1.95. The second-order valence-electron chi connectivity index (χ2n) is 4.70. The molecule has 2 N–H and O–H groups in total. The van der Waals surface area contributed by atoms with Crippen LogP contribution in [0.1, 0.15) is 24.3 Å². The molecule has 0 aromatic heterocycles. The third-order valence-corrected chi connectivity index (χ3v) is 5.41. The van der Waals surface area contributed by atoms with Crippen molar-refractivity contribution in [2.45, 2.75) is 24.0 Å². The van der Waals surface area contributed by atoms with E-state index in [0.717, 1.165) is 26.1 Å². The number of ether oxygens (including phenoxy) is 1. The molecule has 0 amide bonds. The van der Waals surface area contributed by atoms with Crippen molar-refractivity contribution >= 4 is 10.8 Å². The zero-order valence-electron chi connectivity index (χ0n) is 10.6. The Morgan fingerprint density at radius 1 is 1.28 bits per heavy atom. The van der Waals surface area contributed by atoms with Crippen LogP contribution < -0.4 is 5.73 Å².